The van der Waals surface area contributed by atoms with E-state index in [2.05, 4.69) is 13.0 Å². The number of aliphatic hydroxyl groups is 1. The summed E-state index contributed by atoms with van der Waals surface area (Å²) in [5.74, 6) is 2.08. The molecule has 17 heavy (non-hydrogen) atoms. The molecule has 0 aromatic carbocycles. The van der Waals surface area contributed by atoms with Crippen LogP contribution >= 0.6 is 0 Å². The van der Waals surface area contributed by atoms with Crippen molar-refractivity contribution in [3.05, 3.63) is 11.6 Å². The van der Waals surface area contributed by atoms with Crippen LogP contribution in [-0.4, -0.2) is 11.7 Å². The molecular formula is C16H26O. The van der Waals surface area contributed by atoms with Crippen molar-refractivity contribution in [2.45, 2.75) is 58.8 Å². The van der Waals surface area contributed by atoms with Crippen LogP contribution in [0.25, 0.3) is 0 Å². The number of allylic oxidation sites excluding steroid dienone is 1. The summed E-state index contributed by atoms with van der Waals surface area (Å²) in [6.07, 6.45) is 12.3. The molecule has 0 radical (unpaired) electrons. The zero-order valence-corrected chi connectivity index (χ0v) is 11.3. The SMILES string of the molecule is C/C(=C\CC[C@]1(C)[C@H]2CC[C@H](C2)C12CC2)CO. The Morgan fingerprint density at radius 2 is 2.00 bits per heavy atom. The van der Waals surface area contributed by atoms with Gasteiger partial charge < -0.3 is 5.11 Å². The smallest absolute Gasteiger partial charge is 0.0639 e. The minimum Gasteiger partial charge on any atom is -0.392 e. The van der Waals surface area contributed by atoms with Gasteiger partial charge in [-0.25, -0.2) is 0 Å². The molecule has 3 atom stereocenters. The molecule has 3 aliphatic carbocycles. The van der Waals surface area contributed by atoms with Gasteiger partial charge in [-0.2, -0.15) is 0 Å². The lowest BCUT2D eigenvalue weighted by molar-refractivity contribution is 0.0688. The minimum atomic E-state index is 0.230. The molecule has 0 saturated heterocycles. The van der Waals surface area contributed by atoms with E-state index in [-0.39, 0.29) is 6.61 Å². The normalized spacial score (nSPS) is 42.4. The average Bonchev–Trinajstić information content (AvgIpc) is 2.92. The molecule has 2 bridgehead atoms. The fraction of sp³-hybridized carbons (Fsp3) is 0.875. The molecule has 0 aromatic rings. The summed E-state index contributed by atoms with van der Waals surface area (Å²) in [6, 6.07) is 0. The van der Waals surface area contributed by atoms with Crippen LogP contribution in [-0.2, 0) is 0 Å². The highest BCUT2D eigenvalue weighted by Crippen LogP contribution is 2.78. The third-order valence-corrected chi connectivity index (χ3v) is 6.45. The summed E-state index contributed by atoms with van der Waals surface area (Å²) in [7, 11) is 0. The van der Waals surface area contributed by atoms with Gasteiger partial charge in [0, 0.05) is 0 Å². The summed E-state index contributed by atoms with van der Waals surface area (Å²) >= 11 is 0. The van der Waals surface area contributed by atoms with Gasteiger partial charge in [0.2, 0.25) is 0 Å². The number of fused-ring (bicyclic) bond motifs is 3. The Labute approximate surface area is 105 Å². The monoisotopic (exact) mass is 234 g/mol. The van der Waals surface area contributed by atoms with Crippen molar-refractivity contribution < 1.29 is 5.11 Å². The van der Waals surface area contributed by atoms with Crippen LogP contribution in [0.1, 0.15) is 58.8 Å². The quantitative estimate of drug-likeness (QED) is 0.731. The van der Waals surface area contributed by atoms with Gasteiger partial charge in [0.25, 0.3) is 0 Å². The van der Waals surface area contributed by atoms with Crippen LogP contribution in [0.3, 0.4) is 0 Å². The van der Waals surface area contributed by atoms with Crippen LogP contribution < -0.4 is 0 Å². The van der Waals surface area contributed by atoms with Crippen molar-refractivity contribution in [1.29, 1.82) is 0 Å². The van der Waals surface area contributed by atoms with E-state index < -0.39 is 0 Å². The zero-order chi connectivity index (χ0) is 12.1. The Kier molecular flexibility index (Phi) is 2.66. The molecule has 1 nitrogen and oxygen atoms in total. The molecule has 3 fully saturated rings. The fourth-order valence-electron chi connectivity index (χ4n) is 5.18. The Morgan fingerprint density at radius 3 is 2.65 bits per heavy atom. The third-order valence-electron chi connectivity index (χ3n) is 6.45. The van der Waals surface area contributed by atoms with Gasteiger partial charge in [-0.05, 0) is 74.5 Å². The second kappa shape index (κ2) is 3.85. The van der Waals surface area contributed by atoms with E-state index in [1.807, 2.05) is 6.92 Å². The third kappa shape index (κ3) is 1.54. The van der Waals surface area contributed by atoms with E-state index in [1.165, 1.54) is 44.9 Å². The van der Waals surface area contributed by atoms with Gasteiger partial charge in [0.1, 0.15) is 0 Å². The maximum absolute atomic E-state index is 9.04. The van der Waals surface area contributed by atoms with Gasteiger partial charge in [0.05, 0.1) is 6.61 Å². The van der Waals surface area contributed by atoms with Crippen molar-refractivity contribution >= 4 is 0 Å². The first-order chi connectivity index (χ1) is 8.12. The van der Waals surface area contributed by atoms with Crippen molar-refractivity contribution in [1.82, 2.24) is 0 Å². The number of aliphatic hydroxyl groups excluding tert-OH is 1. The maximum Gasteiger partial charge on any atom is 0.0639 e. The molecule has 1 N–H and O–H groups in total. The van der Waals surface area contributed by atoms with Crippen LogP contribution in [0.5, 0.6) is 0 Å². The van der Waals surface area contributed by atoms with Crippen LogP contribution in [0.2, 0.25) is 0 Å². The fourth-order valence-corrected chi connectivity index (χ4v) is 5.18. The van der Waals surface area contributed by atoms with Gasteiger partial charge >= 0.3 is 0 Å². The molecule has 0 amide bonds. The van der Waals surface area contributed by atoms with E-state index in [0.717, 1.165) is 22.8 Å². The summed E-state index contributed by atoms with van der Waals surface area (Å²) in [4.78, 5) is 0. The second-order valence-electron chi connectivity index (χ2n) is 7.03. The van der Waals surface area contributed by atoms with Crippen molar-refractivity contribution in [2.75, 3.05) is 6.61 Å². The Morgan fingerprint density at radius 1 is 1.29 bits per heavy atom. The van der Waals surface area contributed by atoms with Gasteiger partial charge in [-0.3, -0.25) is 0 Å². The predicted molar refractivity (Wildman–Crippen MR) is 70.7 cm³/mol. The summed E-state index contributed by atoms with van der Waals surface area (Å²) in [6.45, 7) is 4.84. The molecule has 0 heterocycles. The van der Waals surface area contributed by atoms with Gasteiger partial charge in [0.15, 0.2) is 0 Å². The lowest BCUT2D eigenvalue weighted by atomic mass is 9.62. The van der Waals surface area contributed by atoms with Crippen LogP contribution in [0.4, 0.5) is 0 Å². The highest BCUT2D eigenvalue weighted by molar-refractivity contribution is 5.19. The van der Waals surface area contributed by atoms with E-state index in [4.69, 9.17) is 5.11 Å². The summed E-state index contributed by atoms with van der Waals surface area (Å²) < 4.78 is 0. The molecule has 3 rings (SSSR count). The van der Waals surface area contributed by atoms with Crippen LogP contribution in [0, 0.1) is 22.7 Å². The molecule has 3 aliphatic rings. The Balaban J connectivity index is 1.69. The van der Waals surface area contributed by atoms with E-state index in [9.17, 15) is 0 Å². The molecule has 1 heteroatoms. The maximum atomic E-state index is 9.04. The Bertz CT molecular complexity index is 339. The average molecular weight is 234 g/mol. The molecule has 0 aliphatic heterocycles. The van der Waals surface area contributed by atoms with Gasteiger partial charge in [-0.1, -0.05) is 18.6 Å². The molecule has 96 valence electrons. The minimum absolute atomic E-state index is 0.230. The number of rotatable bonds is 4. The topological polar surface area (TPSA) is 20.2 Å². The highest BCUT2D eigenvalue weighted by atomic mass is 16.3. The molecule has 0 unspecified atom stereocenters. The second-order valence-corrected chi connectivity index (χ2v) is 7.03. The molecule has 3 saturated carbocycles. The van der Waals surface area contributed by atoms with Crippen molar-refractivity contribution in [3.63, 3.8) is 0 Å². The van der Waals surface area contributed by atoms with Crippen LogP contribution in [0.15, 0.2) is 11.6 Å². The lowest BCUT2D eigenvalue weighted by Gasteiger charge is -2.42. The summed E-state index contributed by atoms with van der Waals surface area (Å²) in [5.41, 5.74) is 2.53. The van der Waals surface area contributed by atoms with E-state index in [1.54, 1.807) is 0 Å². The lowest BCUT2D eigenvalue weighted by Crippen LogP contribution is -2.35. The molecule has 0 aromatic heterocycles. The summed E-state index contributed by atoms with van der Waals surface area (Å²) in [5, 5.41) is 9.04. The first kappa shape index (κ1) is 11.8. The van der Waals surface area contributed by atoms with Crippen molar-refractivity contribution in [3.8, 4) is 0 Å². The Hall–Kier alpha value is -0.300. The largest absolute Gasteiger partial charge is 0.392 e. The van der Waals surface area contributed by atoms with Crippen molar-refractivity contribution in [2.24, 2.45) is 22.7 Å². The van der Waals surface area contributed by atoms with Gasteiger partial charge in [-0.15, -0.1) is 0 Å². The highest BCUT2D eigenvalue weighted by Gasteiger charge is 2.69. The molecular weight excluding hydrogens is 208 g/mol. The zero-order valence-electron chi connectivity index (χ0n) is 11.3. The van der Waals surface area contributed by atoms with E-state index in [0.29, 0.717) is 5.41 Å². The number of hydrogen-bond acceptors (Lipinski definition) is 1. The first-order valence-corrected chi connectivity index (χ1v) is 7.39. The number of hydrogen-bond donors (Lipinski definition) is 1. The predicted octanol–water partition coefficient (Wildman–Crippen LogP) is 3.92. The first-order valence-electron chi connectivity index (χ1n) is 7.39. The van der Waals surface area contributed by atoms with E-state index >= 15 is 0 Å². The molecule has 1 spiro atoms. The standard InChI is InChI=1S/C16H26O/c1-12(11-17)4-3-7-15(2)13-5-6-14(10-13)16(15)8-9-16/h4,13-14,17H,3,5-11H2,1-2H3/b12-4+/t13-,14+,15+/m0/s1.